The second-order valence-corrected chi connectivity index (χ2v) is 3.87. The molecule has 0 aromatic heterocycles. The number of carbonyl (C=O) groups is 1. The van der Waals surface area contributed by atoms with E-state index < -0.39 is 6.04 Å². The fourth-order valence-corrected chi connectivity index (χ4v) is 1.22. The van der Waals surface area contributed by atoms with Crippen LogP contribution in [0.2, 0.25) is 0 Å². The SMILES string of the molecule is CCC(CC)(CO)CNC(=O)C(C)N.Cl. The summed E-state index contributed by atoms with van der Waals surface area (Å²) in [5.41, 5.74) is 5.23. The van der Waals surface area contributed by atoms with Gasteiger partial charge in [-0.1, -0.05) is 13.8 Å². The highest BCUT2D eigenvalue weighted by Gasteiger charge is 2.26. The van der Waals surface area contributed by atoms with Crippen molar-refractivity contribution >= 4 is 18.3 Å². The molecule has 15 heavy (non-hydrogen) atoms. The molecule has 1 atom stereocenters. The van der Waals surface area contributed by atoms with E-state index in [1.807, 2.05) is 13.8 Å². The summed E-state index contributed by atoms with van der Waals surface area (Å²) >= 11 is 0. The van der Waals surface area contributed by atoms with Crippen molar-refractivity contribution in [3.05, 3.63) is 0 Å². The Morgan fingerprint density at radius 3 is 2.20 bits per heavy atom. The van der Waals surface area contributed by atoms with E-state index in [-0.39, 0.29) is 30.3 Å². The van der Waals surface area contributed by atoms with Crippen LogP contribution in [-0.4, -0.2) is 30.2 Å². The maximum Gasteiger partial charge on any atom is 0.236 e. The Morgan fingerprint density at radius 2 is 1.93 bits per heavy atom. The summed E-state index contributed by atoms with van der Waals surface area (Å²) in [5.74, 6) is -0.162. The van der Waals surface area contributed by atoms with E-state index in [9.17, 15) is 9.90 Å². The Hall–Kier alpha value is -0.320. The topological polar surface area (TPSA) is 75.3 Å². The van der Waals surface area contributed by atoms with E-state index in [4.69, 9.17) is 5.73 Å². The largest absolute Gasteiger partial charge is 0.396 e. The molecule has 0 spiro atoms. The number of carbonyl (C=O) groups excluding carboxylic acids is 1. The minimum absolute atomic E-state index is 0. The molecule has 1 unspecified atom stereocenters. The van der Waals surface area contributed by atoms with Crippen LogP contribution in [0.1, 0.15) is 33.6 Å². The van der Waals surface area contributed by atoms with E-state index >= 15 is 0 Å². The average molecular weight is 239 g/mol. The molecule has 0 aliphatic rings. The summed E-state index contributed by atoms with van der Waals surface area (Å²) in [4.78, 5) is 11.2. The lowest BCUT2D eigenvalue weighted by Crippen LogP contribution is -2.45. The first-order valence-electron chi connectivity index (χ1n) is 5.15. The molecule has 0 rings (SSSR count). The number of hydrogen-bond donors (Lipinski definition) is 3. The van der Waals surface area contributed by atoms with Gasteiger partial charge in [-0.05, 0) is 19.8 Å². The molecule has 4 nitrogen and oxygen atoms in total. The Kier molecular flexibility index (Phi) is 9.01. The van der Waals surface area contributed by atoms with Crippen LogP contribution in [0.4, 0.5) is 0 Å². The zero-order chi connectivity index (χ0) is 11.2. The lowest BCUT2D eigenvalue weighted by Gasteiger charge is -2.29. The summed E-state index contributed by atoms with van der Waals surface area (Å²) in [5, 5.41) is 12.0. The fraction of sp³-hybridized carbons (Fsp3) is 0.900. The number of rotatable bonds is 6. The number of hydrogen-bond acceptors (Lipinski definition) is 3. The monoisotopic (exact) mass is 238 g/mol. The van der Waals surface area contributed by atoms with Crippen molar-refractivity contribution in [2.75, 3.05) is 13.2 Å². The normalized spacial score (nSPS) is 12.9. The maximum absolute atomic E-state index is 11.2. The summed E-state index contributed by atoms with van der Waals surface area (Å²) in [7, 11) is 0. The Labute approximate surface area is 98.0 Å². The highest BCUT2D eigenvalue weighted by molar-refractivity contribution is 5.85. The smallest absolute Gasteiger partial charge is 0.236 e. The molecule has 0 aliphatic carbocycles. The zero-order valence-corrected chi connectivity index (χ0v) is 10.6. The van der Waals surface area contributed by atoms with Crippen molar-refractivity contribution in [3.8, 4) is 0 Å². The van der Waals surface area contributed by atoms with E-state index in [0.717, 1.165) is 12.8 Å². The van der Waals surface area contributed by atoms with E-state index in [1.54, 1.807) is 6.92 Å². The maximum atomic E-state index is 11.2. The zero-order valence-electron chi connectivity index (χ0n) is 9.75. The third kappa shape index (κ3) is 5.35. The standard InChI is InChI=1S/C10H22N2O2.ClH/c1-4-10(5-2,7-13)6-12-9(14)8(3)11;/h8,13H,4-7,11H2,1-3H3,(H,12,14);1H. The van der Waals surface area contributed by atoms with Crippen molar-refractivity contribution in [3.63, 3.8) is 0 Å². The number of aliphatic hydroxyl groups excluding tert-OH is 1. The molecule has 4 N–H and O–H groups in total. The van der Waals surface area contributed by atoms with Gasteiger partial charge in [-0.15, -0.1) is 12.4 Å². The van der Waals surface area contributed by atoms with Gasteiger partial charge in [0.15, 0.2) is 0 Å². The van der Waals surface area contributed by atoms with Crippen molar-refractivity contribution < 1.29 is 9.90 Å². The number of aliphatic hydroxyl groups is 1. The van der Waals surface area contributed by atoms with Gasteiger partial charge in [-0.3, -0.25) is 4.79 Å². The first kappa shape index (κ1) is 17.1. The van der Waals surface area contributed by atoms with Crippen LogP contribution in [0.3, 0.4) is 0 Å². The number of nitrogens with two attached hydrogens (primary N) is 1. The molecule has 0 bridgehead atoms. The second-order valence-electron chi connectivity index (χ2n) is 3.87. The molecule has 0 fully saturated rings. The minimum Gasteiger partial charge on any atom is -0.396 e. The number of amides is 1. The summed E-state index contributed by atoms with van der Waals surface area (Å²) < 4.78 is 0. The van der Waals surface area contributed by atoms with E-state index in [0.29, 0.717) is 6.54 Å². The Morgan fingerprint density at radius 1 is 1.47 bits per heavy atom. The van der Waals surface area contributed by atoms with Gasteiger partial charge >= 0.3 is 0 Å². The van der Waals surface area contributed by atoms with Gasteiger partial charge in [0.25, 0.3) is 0 Å². The summed E-state index contributed by atoms with van der Waals surface area (Å²) in [6.07, 6.45) is 1.69. The molecular weight excluding hydrogens is 216 g/mol. The fourth-order valence-electron chi connectivity index (χ4n) is 1.22. The van der Waals surface area contributed by atoms with Crippen LogP contribution in [-0.2, 0) is 4.79 Å². The van der Waals surface area contributed by atoms with Crippen LogP contribution in [0.15, 0.2) is 0 Å². The quantitative estimate of drug-likeness (QED) is 0.637. The van der Waals surface area contributed by atoms with Gasteiger partial charge < -0.3 is 16.2 Å². The van der Waals surface area contributed by atoms with Crippen molar-refractivity contribution in [2.24, 2.45) is 11.1 Å². The van der Waals surface area contributed by atoms with Gasteiger partial charge in [0.2, 0.25) is 5.91 Å². The van der Waals surface area contributed by atoms with E-state index in [1.165, 1.54) is 0 Å². The molecule has 0 saturated carbocycles. The molecule has 0 aliphatic heterocycles. The lowest BCUT2D eigenvalue weighted by molar-refractivity contribution is -0.122. The second kappa shape index (κ2) is 7.91. The van der Waals surface area contributed by atoms with Gasteiger partial charge in [-0.25, -0.2) is 0 Å². The highest BCUT2D eigenvalue weighted by Crippen LogP contribution is 2.24. The summed E-state index contributed by atoms with van der Waals surface area (Å²) in [6.45, 7) is 6.26. The molecular formula is C10H23ClN2O2. The lowest BCUT2D eigenvalue weighted by atomic mass is 9.83. The van der Waals surface area contributed by atoms with Crippen molar-refractivity contribution in [2.45, 2.75) is 39.7 Å². The molecule has 92 valence electrons. The molecule has 0 aromatic rings. The third-order valence-corrected chi connectivity index (χ3v) is 2.89. The van der Waals surface area contributed by atoms with E-state index in [2.05, 4.69) is 5.32 Å². The Balaban J connectivity index is 0. The van der Waals surface area contributed by atoms with Gasteiger partial charge in [0.05, 0.1) is 12.6 Å². The van der Waals surface area contributed by atoms with Gasteiger partial charge in [0.1, 0.15) is 0 Å². The van der Waals surface area contributed by atoms with Crippen LogP contribution >= 0.6 is 12.4 Å². The van der Waals surface area contributed by atoms with Crippen molar-refractivity contribution in [1.29, 1.82) is 0 Å². The number of nitrogens with one attached hydrogen (secondary N) is 1. The minimum atomic E-state index is -0.486. The van der Waals surface area contributed by atoms with Crippen LogP contribution in [0.5, 0.6) is 0 Å². The predicted octanol–water partition coefficient (Wildman–Crippen LogP) is 0.670. The number of halogens is 1. The molecule has 1 amide bonds. The molecule has 0 aromatic carbocycles. The molecule has 0 radical (unpaired) electrons. The first-order valence-corrected chi connectivity index (χ1v) is 5.15. The average Bonchev–Trinajstić information content (AvgIpc) is 2.20. The molecule has 0 heterocycles. The third-order valence-electron chi connectivity index (χ3n) is 2.89. The first-order chi connectivity index (χ1) is 6.51. The van der Waals surface area contributed by atoms with Gasteiger partial charge in [-0.2, -0.15) is 0 Å². The highest BCUT2D eigenvalue weighted by atomic mass is 35.5. The predicted molar refractivity (Wildman–Crippen MR) is 64.0 cm³/mol. The Bertz CT molecular complexity index is 174. The molecule has 5 heteroatoms. The summed E-state index contributed by atoms with van der Waals surface area (Å²) in [6, 6.07) is -0.486. The molecule has 0 saturated heterocycles. The van der Waals surface area contributed by atoms with Crippen LogP contribution in [0, 0.1) is 5.41 Å². The van der Waals surface area contributed by atoms with Gasteiger partial charge in [0, 0.05) is 12.0 Å². The van der Waals surface area contributed by atoms with Crippen LogP contribution in [0.25, 0.3) is 0 Å². The van der Waals surface area contributed by atoms with Crippen molar-refractivity contribution in [1.82, 2.24) is 5.32 Å². The van der Waals surface area contributed by atoms with Crippen LogP contribution < -0.4 is 11.1 Å².